The standard InChI is InChI=1S/C13H15FN2O2/c14-11-5-2-1-4-10(11)8-13(18)16-7-3-6-15-12(17)9-16/h1-2,4-5H,3,6-9H2,(H,15,17). The maximum atomic E-state index is 13.4. The molecular formula is C13H15FN2O2. The van der Waals surface area contributed by atoms with Gasteiger partial charge in [-0.3, -0.25) is 9.59 Å². The molecule has 1 saturated heterocycles. The average Bonchev–Trinajstić information content (AvgIpc) is 2.57. The molecule has 4 nitrogen and oxygen atoms in total. The number of rotatable bonds is 2. The lowest BCUT2D eigenvalue weighted by atomic mass is 10.1. The summed E-state index contributed by atoms with van der Waals surface area (Å²) in [5.74, 6) is -0.753. The van der Waals surface area contributed by atoms with Crippen LogP contribution in [0.2, 0.25) is 0 Å². The third-order valence-electron chi connectivity index (χ3n) is 2.91. The van der Waals surface area contributed by atoms with Crippen molar-refractivity contribution < 1.29 is 14.0 Å². The highest BCUT2D eigenvalue weighted by Gasteiger charge is 2.20. The molecule has 5 heteroatoms. The highest BCUT2D eigenvalue weighted by Crippen LogP contribution is 2.09. The number of benzene rings is 1. The van der Waals surface area contributed by atoms with E-state index in [4.69, 9.17) is 0 Å². The summed E-state index contributed by atoms with van der Waals surface area (Å²) in [6, 6.07) is 6.20. The van der Waals surface area contributed by atoms with E-state index in [2.05, 4.69) is 5.32 Å². The smallest absolute Gasteiger partial charge is 0.239 e. The van der Waals surface area contributed by atoms with E-state index < -0.39 is 0 Å². The summed E-state index contributed by atoms with van der Waals surface area (Å²) in [7, 11) is 0. The Morgan fingerprint density at radius 3 is 2.94 bits per heavy atom. The van der Waals surface area contributed by atoms with Crippen molar-refractivity contribution in [3.8, 4) is 0 Å². The van der Waals surface area contributed by atoms with Gasteiger partial charge in [-0.05, 0) is 18.1 Å². The number of carbonyl (C=O) groups is 2. The molecule has 0 bridgehead atoms. The summed E-state index contributed by atoms with van der Waals surface area (Å²) in [6.07, 6.45) is 0.731. The zero-order valence-electron chi connectivity index (χ0n) is 9.99. The van der Waals surface area contributed by atoms with Gasteiger partial charge in [-0.15, -0.1) is 0 Å². The zero-order valence-corrected chi connectivity index (χ0v) is 9.99. The molecule has 0 aromatic heterocycles. The number of nitrogens with zero attached hydrogens (tertiary/aromatic N) is 1. The molecule has 0 atom stereocenters. The summed E-state index contributed by atoms with van der Waals surface area (Å²) >= 11 is 0. The molecule has 1 aliphatic rings. The molecule has 0 aliphatic carbocycles. The fourth-order valence-corrected chi connectivity index (χ4v) is 1.94. The van der Waals surface area contributed by atoms with Gasteiger partial charge in [0.2, 0.25) is 11.8 Å². The van der Waals surface area contributed by atoms with E-state index in [1.54, 1.807) is 18.2 Å². The van der Waals surface area contributed by atoms with Crippen LogP contribution in [0.15, 0.2) is 24.3 Å². The van der Waals surface area contributed by atoms with Gasteiger partial charge < -0.3 is 10.2 Å². The van der Waals surface area contributed by atoms with Gasteiger partial charge in [0.1, 0.15) is 5.82 Å². The van der Waals surface area contributed by atoms with E-state index >= 15 is 0 Å². The van der Waals surface area contributed by atoms with Gasteiger partial charge in [0.25, 0.3) is 0 Å². The van der Waals surface area contributed by atoms with Gasteiger partial charge in [-0.1, -0.05) is 18.2 Å². The predicted octanol–water partition coefficient (Wildman–Crippen LogP) is 0.717. The zero-order chi connectivity index (χ0) is 13.0. The molecule has 1 N–H and O–H groups in total. The molecule has 1 fully saturated rings. The summed E-state index contributed by atoms with van der Waals surface area (Å²) < 4.78 is 13.4. The largest absolute Gasteiger partial charge is 0.354 e. The van der Waals surface area contributed by atoms with Gasteiger partial charge in [-0.2, -0.15) is 0 Å². The van der Waals surface area contributed by atoms with Crippen LogP contribution in [-0.4, -0.2) is 36.3 Å². The van der Waals surface area contributed by atoms with Crippen LogP contribution in [0.4, 0.5) is 4.39 Å². The summed E-state index contributed by atoms with van der Waals surface area (Å²) in [5.41, 5.74) is 0.368. The molecule has 0 radical (unpaired) electrons. The first-order chi connectivity index (χ1) is 8.66. The lowest BCUT2D eigenvalue weighted by molar-refractivity contribution is -0.134. The maximum absolute atomic E-state index is 13.4. The Kier molecular flexibility index (Phi) is 3.92. The van der Waals surface area contributed by atoms with E-state index in [9.17, 15) is 14.0 Å². The van der Waals surface area contributed by atoms with Crippen molar-refractivity contribution in [1.82, 2.24) is 10.2 Å². The molecule has 18 heavy (non-hydrogen) atoms. The van der Waals surface area contributed by atoms with Gasteiger partial charge >= 0.3 is 0 Å². The van der Waals surface area contributed by atoms with E-state index in [1.165, 1.54) is 11.0 Å². The van der Waals surface area contributed by atoms with Crippen molar-refractivity contribution in [3.05, 3.63) is 35.6 Å². The Labute approximate surface area is 105 Å². The molecule has 96 valence electrons. The minimum absolute atomic E-state index is 0.0000463. The molecule has 1 heterocycles. The first kappa shape index (κ1) is 12.5. The lowest BCUT2D eigenvalue weighted by Crippen LogP contribution is -2.38. The summed E-state index contributed by atoms with van der Waals surface area (Å²) in [4.78, 5) is 24.8. The second-order valence-electron chi connectivity index (χ2n) is 4.29. The second kappa shape index (κ2) is 5.62. The third-order valence-corrected chi connectivity index (χ3v) is 2.91. The lowest BCUT2D eigenvalue weighted by Gasteiger charge is -2.19. The molecule has 0 unspecified atom stereocenters. The first-order valence-corrected chi connectivity index (χ1v) is 5.94. The van der Waals surface area contributed by atoms with Crippen LogP contribution in [0.5, 0.6) is 0 Å². The highest BCUT2D eigenvalue weighted by molar-refractivity contribution is 5.86. The number of nitrogens with one attached hydrogen (secondary N) is 1. The van der Waals surface area contributed by atoms with Gasteiger partial charge in [0, 0.05) is 13.1 Å². The topological polar surface area (TPSA) is 49.4 Å². The van der Waals surface area contributed by atoms with Crippen molar-refractivity contribution in [2.75, 3.05) is 19.6 Å². The van der Waals surface area contributed by atoms with Crippen LogP contribution in [0.25, 0.3) is 0 Å². The molecule has 1 aliphatic heterocycles. The van der Waals surface area contributed by atoms with Gasteiger partial charge in [0.05, 0.1) is 13.0 Å². The SMILES string of the molecule is O=C1CN(C(=O)Cc2ccccc2F)CCCN1. The minimum Gasteiger partial charge on any atom is -0.354 e. The quantitative estimate of drug-likeness (QED) is 0.840. The van der Waals surface area contributed by atoms with Crippen LogP contribution in [0.3, 0.4) is 0 Å². The Hall–Kier alpha value is -1.91. The summed E-state index contributed by atoms with van der Waals surface area (Å²) in [6.45, 7) is 1.18. The number of hydrogen-bond acceptors (Lipinski definition) is 2. The van der Waals surface area contributed by atoms with Crippen LogP contribution >= 0.6 is 0 Å². The van der Waals surface area contributed by atoms with Gasteiger partial charge in [-0.25, -0.2) is 4.39 Å². The van der Waals surface area contributed by atoms with Gasteiger partial charge in [0.15, 0.2) is 0 Å². The average molecular weight is 250 g/mol. The van der Waals surface area contributed by atoms with Crippen LogP contribution in [-0.2, 0) is 16.0 Å². The van der Waals surface area contributed by atoms with Crippen LogP contribution in [0, 0.1) is 5.82 Å². The molecule has 1 aromatic carbocycles. The first-order valence-electron chi connectivity index (χ1n) is 5.94. The van der Waals surface area contributed by atoms with Crippen molar-refractivity contribution in [1.29, 1.82) is 0 Å². The van der Waals surface area contributed by atoms with Crippen molar-refractivity contribution >= 4 is 11.8 Å². The number of amides is 2. The highest BCUT2D eigenvalue weighted by atomic mass is 19.1. The predicted molar refractivity (Wildman–Crippen MR) is 64.3 cm³/mol. The monoisotopic (exact) mass is 250 g/mol. The Bertz CT molecular complexity index is 462. The number of hydrogen-bond donors (Lipinski definition) is 1. The van der Waals surface area contributed by atoms with E-state index in [1.807, 2.05) is 0 Å². The third kappa shape index (κ3) is 3.06. The normalized spacial score (nSPS) is 16.1. The molecule has 1 aromatic rings. The Balaban J connectivity index is 2.03. The molecule has 0 spiro atoms. The van der Waals surface area contributed by atoms with E-state index in [0.717, 1.165) is 6.42 Å². The Morgan fingerprint density at radius 1 is 1.39 bits per heavy atom. The number of halogens is 1. The second-order valence-corrected chi connectivity index (χ2v) is 4.29. The Morgan fingerprint density at radius 2 is 2.17 bits per heavy atom. The van der Waals surface area contributed by atoms with Crippen molar-refractivity contribution in [2.45, 2.75) is 12.8 Å². The van der Waals surface area contributed by atoms with E-state index in [0.29, 0.717) is 18.7 Å². The van der Waals surface area contributed by atoms with Crippen LogP contribution < -0.4 is 5.32 Å². The maximum Gasteiger partial charge on any atom is 0.239 e. The molecule has 2 amide bonds. The van der Waals surface area contributed by atoms with E-state index in [-0.39, 0.29) is 30.6 Å². The molecular weight excluding hydrogens is 235 g/mol. The fraction of sp³-hybridized carbons (Fsp3) is 0.385. The summed E-state index contributed by atoms with van der Waals surface area (Å²) in [5, 5.41) is 2.70. The number of carbonyl (C=O) groups excluding carboxylic acids is 2. The van der Waals surface area contributed by atoms with Crippen molar-refractivity contribution in [3.63, 3.8) is 0 Å². The minimum atomic E-state index is -0.384. The molecule has 0 saturated carbocycles. The molecule has 2 rings (SSSR count). The van der Waals surface area contributed by atoms with Crippen LogP contribution in [0.1, 0.15) is 12.0 Å². The fourth-order valence-electron chi connectivity index (χ4n) is 1.94. The van der Waals surface area contributed by atoms with Crippen molar-refractivity contribution in [2.24, 2.45) is 0 Å².